The molecule has 0 spiro atoms. The minimum absolute atomic E-state index is 0.0659. The Balaban J connectivity index is 2.36. The maximum absolute atomic E-state index is 5.64. The molecule has 4 heteroatoms. The van der Waals surface area contributed by atoms with Gasteiger partial charge in [0.2, 0.25) is 0 Å². The van der Waals surface area contributed by atoms with Crippen LogP contribution >= 0.6 is 27.3 Å². The van der Waals surface area contributed by atoms with Gasteiger partial charge in [0.1, 0.15) is 0 Å². The highest BCUT2D eigenvalue weighted by Gasteiger charge is 2.14. The van der Waals surface area contributed by atoms with Gasteiger partial charge in [-0.3, -0.25) is 5.84 Å². The number of aryl methyl sites for hydroxylation is 1. The van der Waals surface area contributed by atoms with Crippen LogP contribution in [0, 0.1) is 6.92 Å². The van der Waals surface area contributed by atoms with E-state index in [1.807, 2.05) is 0 Å². The number of hydrazine groups is 1. The number of rotatable bonds is 3. The van der Waals surface area contributed by atoms with Crippen molar-refractivity contribution in [3.63, 3.8) is 0 Å². The van der Waals surface area contributed by atoms with Crippen LogP contribution in [0.15, 0.2) is 40.2 Å². The molecule has 2 nitrogen and oxygen atoms in total. The second-order valence-corrected chi connectivity index (χ2v) is 5.54. The van der Waals surface area contributed by atoms with E-state index in [0.29, 0.717) is 0 Å². The highest BCUT2D eigenvalue weighted by molar-refractivity contribution is 9.10. The fourth-order valence-corrected chi connectivity index (χ4v) is 3.20. The summed E-state index contributed by atoms with van der Waals surface area (Å²) in [5, 5.41) is 2.06. The van der Waals surface area contributed by atoms with E-state index in [2.05, 4.69) is 64.0 Å². The lowest BCUT2D eigenvalue weighted by Crippen LogP contribution is -2.28. The van der Waals surface area contributed by atoms with Gasteiger partial charge in [-0.1, -0.05) is 29.8 Å². The Labute approximate surface area is 108 Å². The first-order valence-electron chi connectivity index (χ1n) is 4.97. The van der Waals surface area contributed by atoms with Crippen molar-refractivity contribution in [3.8, 4) is 0 Å². The molecule has 1 aromatic carbocycles. The van der Waals surface area contributed by atoms with Gasteiger partial charge in [0.25, 0.3) is 0 Å². The second kappa shape index (κ2) is 5.10. The van der Waals surface area contributed by atoms with Gasteiger partial charge in [-0.15, -0.1) is 11.3 Å². The van der Waals surface area contributed by atoms with Crippen LogP contribution < -0.4 is 11.3 Å². The Morgan fingerprint density at radius 1 is 1.38 bits per heavy atom. The highest BCUT2D eigenvalue weighted by atomic mass is 79.9. The molecule has 0 fully saturated rings. The summed E-state index contributed by atoms with van der Waals surface area (Å²) in [5.74, 6) is 5.64. The number of hydrogen-bond acceptors (Lipinski definition) is 3. The third-order valence-corrected chi connectivity index (χ3v) is 4.17. The largest absolute Gasteiger partial charge is 0.271 e. The Kier molecular flexibility index (Phi) is 3.76. The Morgan fingerprint density at radius 2 is 2.19 bits per heavy atom. The molecule has 1 heterocycles. The molecule has 0 aliphatic carbocycles. The third kappa shape index (κ3) is 2.52. The maximum Gasteiger partial charge on any atom is 0.0803 e. The summed E-state index contributed by atoms with van der Waals surface area (Å²) in [6.07, 6.45) is 0. The van der Waals surface area contributed by atoms with Crippen LogP contribution in [0.4, 0.5) is 0 Å². The lowest BCUT2D eigenvalue weighted by atomic mass is 10.0. The first-order valence-corrected chi connectivity index (χ1v) is 6.64. The van der Waals surface area contributed by atoms with E-state index in [-0.39, 0.29) is 6.04 Å². The van der Waals surface area contributed by atoms with Gasteiger partial charge >= 0.3 is 0 Å². The number of hydrogen-bond donors (Lipinski definition) is 2. The van der Waals surface area contributed by atoms with E-state index < -0.39 is 0 Å². The predicted octanol–water partition coefficient (Wildman–Crippen LogP) is 3.37. The standard InChI is InChI=1S/C12H13BrN2S/c1-8-3-2-4-9(5-8)12(15-14)11-6-10(13)7-16-11/h2-7,12,15H,14H2,1H3. The molecule has 1 unspecified atom stereocenters. The van der Waals surface area contributed by atoms with E-state index in [1.165, 1.54) is 16.0 Å². The number of thiophene rings is 1. The monoisotopic (exact) mass is 296 g/mol. The van der Waals surface area contributed by atoms with Crippen molar-refractivity contribution < 1.29 is 0 Å². The summed E-state index contributed by atoms with van der Waals surface area (Å²) < 4.78 is 1.10. The third-order valence-electron chi connectivity index (χ3n) is 2.41. The summed E-state index contributed by atoms with van der Waals surface area (Å²) in [7, 11) is 0. The van der Waals surface area contributed by atoms with Gasteiger partial charge in [-0.2, -0.15) is 0 Å². The van der Waals surface area contributed by atoms with Crippen LogP contribution in [0.3, 0.4) is 0 Å². The van der Waals surface area contributed by atoms with Gasteiger partial charge in [-0.05, 0) is 34.5 Å². The molecule has 16 heavy (non-hydrogen) atoms. The minimum Gasteiger partial charge on any atom is -0.271 e. The van der Waals surface area contributed by atoms with Gasteiger partial charge in [0, 0.05) is 14.7 Å². The first kappa shape index (κ1) is 11.8. The Bertz CT molecular complexity index is 481. The SMILES string of the molecule is Cc1cccc(C(NN)c2cc(Br)cs2)c1. The van der Waals surface area contributed by atoms with Crippen molar-refractivity contribution in [2.45, 2.75) is 13.0 Å². The molecular weight excluding hydrogens is 284 g/mol. The van der Waals surface area contributed by atoms with Gasteiger partial charge < -0.3 is 0 Å². The molecule has 0 aliphatic heterocycles. The molecule has 84 valence electrons. The van der Waals surface area contributed by atoms with E-state index in [9.17, 15) is 0 Å². The predicted molar refractivity (Wildman–Crippen MR) is 72.4 cm³/mol. The maximum atomic E-state index is 5.64. The van der Waals surface area contributed by atoms with Crippen LogP contribution in [0.2, 0.25) is 0 Å². The minimum atomic E-state index is 0.0659. The van der Waals surface area contributed by atoms with Crippen molar-refractivity contribution >= 4 is 27.3 Å². The van der Waals surface area contributed by atoms with E-state index in [4.69, 9.17) is 5.84 Å². The van der Waals surface area contributed by atoms with Crippen molar-refractivity contribution in [2.24, 2.45) is 5.84 Å². The number of nitrogens with one attached hydrogen (secondary N) is 1. The summed E-state index contributed by atoms with van der Waals surface area (Å²) in [5.41, 5.74) is 5.30. The molecule has 0 saturated heterocycles. The zero-order valence-corrected chi connectivity index (χ0v) is 11.3. The molecule has 3 N–H and O–H groups in total. The molecule has 2 aromatic rings. The normalized spacial score (nSPS) is 12.7. The fraction of sp³-hybridized carbons (Fsp3) is 0.167. The van der Waals surface area contributed by atoms with E-state index in [0.717, 1.165) is 4.47 Å². The number of nitrogens with two attached hydrogens (primary N) is 1. The van der Waals surface area contributed by atoms with Crippen molar-refractivity contribution in [1.29, 1.82) is 0 Å². The van der Waals surface area contributed by atoms with E-state index >= 15 is 0 Å². The highest BCUT2D eigenvalue weighted by Crippen LogP contribution is 2.29. The second-order valence-electron chi connectivity index (χ2n) is 3.68. The lowest BCUT2D eigenvalue weighted by Gasteiger charge is -2.15. The molecular formula is C12H13BrN2S. The molecule has 0 bridgehead atoms. The number of benzene rings is 1. The van der Waals surface area contributed by atoms with Gasteiger partial charge in [0.05, 0.1) is 6.04 Å². The zero-order chi connectivity index (χ0) is 11.5. The van der Waals surface area contributed by atoms with Crippen molar-refractivity contribution in [2.75, 3.05) is 0 Å². The molecule has 2 rings (SSSR count). The average molecular weight is 297 g/mol. The lowest BCUT2D eigenvalue weighted by molar-refractivity contribution is 0.646. The van der Waals surface area contributed by atoms with Crippen LogP contribution in [-0.2, 0) is 0 Å². The molecule has 1 atom stereocenters. The van der Waals surface area contributed by atoms with Crippen LogP contribution in [-0.4, -0.2) is 0 Å². The number of halogens is 1. The molecule has 0 amide bonds. The molecule has 0 saturated carbocycles. The smallest absolute Gasteiger partial charge is 0.0803 e. The quantitative estimate of drug-likeness (QED) is 0.673. The first-order chi connectivity index (χ1) is 7.70. The zero-order valence-electron chi connectivity index (χ0n) is 8.91. The summed E-state index contributed by atoms with van der Waals surface area (Å²) in [6.45, 7) is 2.08. The summed E-state index contributed by atoms with van der Waals surface area (Å²) in [6, 6.07) is 10.5. The van der Waals surface area contributed by atoms with Crippen LogP contribution in [0.1, 0.15) is 22.0 Å². The van der Waals surface area contributed by atoms with E-state index in [1.54, 1.807) is 11.3 Å². The molecule has 0 aliphatic rings. The van der Waals surface area contributed by atoms with Gasteiger partial charge in [0.15, 0.2) is 0 Å². The molecule has 1 aromatic heterocycles. The van der Waals surface area contributed by atoms with Crippen molar-refractivity contribution in [1.82, 2.24) is 5.43 Å². The molecule has 0 radical (unpaired) electrons. The van der Waals surface area contributed by atoms with Crippen LogP contribution in [0.25, 0.3) is 0 Å². The average Bonchev–Trinajstić information content (AvgIpc) is 2.66. The topological polar surface area (TPSA) is 38.0 Å². The van der Waals surface area contributed by atoms with Crippen molar-refractivity contribution in [3.05, 3.63) is 56.2 Å². The van der Waals surface area contributed by atoms with Crippen LogP contribution in [0.5, 0.6) is 0 Å². The summed E-state index contributed by atoms with van der Waals surface area (Å²) >= 11 is 5.15. The van der Waals surface area contributed by atoms with Gasteiger partial charge in [-0.25, -0.2) is 5.43 Å². The Morgan fingerprint density at radius 3 is 2.75 bits per heavy atom. The summed E-state index contributed by atoms with van der Waals surface area (Å²) in [4.78, 5) is 1.21. The fourth-order valence-electron chi connectivity index (χ4n) is 1.67. The Hall–Kier alpha value is -0.680.